The van der Waals surface area contributed by atoms with Gasteiger partial charge >= 0.3 is 0 Å². The predicted octanol–water partition coefficient (Wildman–Crippen LogP) is 4.88. The van der Waals surface area contributed by atoms with Crippen molar-refractivity contribution in [1.82, 2.24) is 4.98 Å². The summed E-state index contributed by atoms with van der Waals surface area (Å²) in [6.07, 6.45) is 2.88. The van der Waals surface area contributed by atoms with E-state index < -0.39 is 0 Å². The van der Waals surface area contributed by atoms with Gasteiger partial charge in [-0.2, -0.15) is 0 Å². The van der Waals surface area contributed by atoms with Crippen LogP contribution in [0.2, 0.25) is 5.02 Å². The lowest BCUT2D eigenvalue weighted by atomic mass is 10.1. The molecule has 0 fully saturated rings. The fourth-order valence-corrected chi connectivity index (χ4v) is 3.00. The molecule has 0 spiro atoms. The predicted molar refractivity (Wildman–Crippen MR) is 111 cm³/mol. The number of carbonyl (C=O) groups is 1. The SMILES string of the molecule is Cc1ccccc1CC(=O)Nc1ccc(NCCc2cccc(Cl)c2)nc1. The Morgan fingerprint density at radius 2 is 1.93 bits per heavy atom. The fraction of sp³-hybridized carbons (Fsp3) is 0.182. The number of amides is 1. The third-order valence-electron chi connectivity index (χ3n) is 4.27. The summed E-state index contributed by atoms with van der Waals surface area (Å²) in [7, 11) is 0. The summed E-state index contributed by atoms with van der Waals surface area (Å²) in [6, 6.07) is 19.4. The third kappa shape index (κ3) is 5.83. The van der Waals surface area contributed by atoms with Gasteiger partial charge < -0.3 is 10.6 Å². The number of halogens is 1. The van der Waals surface area contributed by atoms with Crippen molar-refractivity contribution in [2.75, 3.05) is 17.2 Å². The van der Waals surface area contributed by atoms with Crippen LogP contribution in [-0.2, 0) is 17.6 Å². The standard InChI is InChI=1S/C22H22ClN3O/c1-16-5-2-3-7-18(16)14-22(27)26-20-9-10-21(25-15-20)24-12-11-17-6-4-8-19(23)13-17/h2-10,13,15H,11-12,14H2,1H3,(H,24,25)(H,26,27). The quantitative estimate of drug-likeness (QED) is 0.615. The van der Waals surface area contributed by atoms with Crippen LogP contribution >= 0.6 is 11.6 Å². The molecule has 0 unspecified atom stereocenters. The summed E-state index contributed by atoms with van der Waals surface area (Å²) in [5.74, 6) is 0.724. The van der Waals surface area contributed by atoms with Crippen molar-refractivity contribution in [2.24, 2.45) is 0 Å². The smallest absolute Gasteiger partial charge is 0.228 e. The first kappa shape index (κ1) is 18.9. The molecule has 0 aliphatic carbocycles. The van der Waals surface area contributed by atoms with Crippen LogP contribution in [0, 0.1) is 6.92 Å². The number of nitrogens with one attached hydrogen (secondary N) is 2. The molecule has 27 heavy (non-hydrogen) atoms. The fourth-order valence-electron chi connectivity index (χ4n) is 2.79. The Labute approximate surface area is 164 Å². The van der Waals surface area contributed by atoms with Gasteiger partial charge in [0, 0.05) is 11.6 Å². The van der Waals surface area contributed by atoms with Gasteiger partial charge in [-0.3, -0.25) is 4.79 Å². The van der Waals surface area contributed by atoms with Crippen molar-refractivity contribution in [3.8, 4) is 0 Å². The number of hydrogen-bond donors (Lipinski definition) is 2. The summed E-state index contributed by atoms with van der Waals surface area (Å²) in [6.45, 7) is 2.76. The van der Waals surface area contributed by atoms with Crippen LogP contribution < -0.4 is 10.6 Å². The van der Waals surface area contributed by atoms with E-state index in [1.807, 2.05) is 67.6 Å². The van der Waals surface area contributed by atoms with Crippen molar-refractivity contribution in [1.29, 1.82) is 0 Å². The molecule has 1 amide bonds. The van der Waals surface area contributed by atoms with E-state index in [0.717, 1.165) is 34.9 Å². The normalized spacial score (nSPS) is 10.4. The van der Waals surface area contributed by atoms with Gasteiger partial charge in [-0.25, -0.2) is 4.98 Å². The highest BCUT2D eigenvalue weighted by Gasteiger charge is 2.06. The average Bonchev–Trinajstić information content (AvgIpc) is 2.65. The van der Waals surface area contributed by atoms with E-state index in [-0.39, 0.29) is 5.91 Å². The molecule has 4 nitrogen and oxygen atoms in total. The van der Waals surface area contributed by atoms with Gasteiger partial charge in [0.15, 0.2) is 0 Å². The van der Waals surface area contributed by atoms with Gasteiger partial charge in [0.25, 0.3) is 0 Å². The summed E-state index contributed by atoms with van der Waals surface area (Å²) >= 11 is 5.99. The van der Waals surface area contributed by atoms with Gasteiger partial charge in [-0.15, -0.1) is 0 Å². The van der Waals surface area contributed by atoms with E-state index in [1.54, 1.807) is 6.20 Å². The Hall–Kier alpha value is -2.85. The molecule has 0 saturated carbocycles. The molecule has 3 aromatic rings. The zero-order valence-corrected chi connectivity index (χ0v) is 16.0. The van der Waals surface area contributed by atoms with Crippen molar-refractivity contribution in [3.63, 3.8) is 0 Å². The number of benzene rings is 2. The Morgan fingerprint density at radius 1 is 1.07 bits per heavy atom. The maximum absolute atomic E-state index is 12.2. The molecule has 138 valence electrons. The van der Waals surface area contributed by atoms with Crippen LogP contribution in [0.25, 0.3) is 0 Å². The second kappa shape index (κ2) is 9.19. The van der Waals surface area contributed by atoms with Crippen LogP contribution in [0.4, 0.5) is 11.5 Å². The van der Waals surface area contributed by atoms with Crippen LogP contribution in [0.1, 0.15) is 16.7 Å². The van der Waals surface area contributed by atoms with Gasteiger partial charge in [-0.1, -0.05) is 48.0 Å². The second-order valence-corrected chi connectivity index (χ2v) is 6.83. The molecule has 2 N–H and O–H groups in total. The van der Waals surface area contributed by atoms with Crippen molar-refractivity contribution < 1.29 is 4.79 Å². The number of aromatic nitrogens is 1. The maximum atomic E-state index is 12.2. The van der Waals surface area contributed by atoms with Gasteiger partial charge in [0.1, 0.15) is 5.82 Å². The number of rotatable bonds is 7. The largest absolute Gasteiger partial charge is 0.370 e. The zero-order valence-electron chi connectivity index (χ0n) is 15.2. The van der Waals surface area contributed by atoms with E-state index in [4.69, 9.17) is 11.6 Å². The van der Waals surface area contributed by atoms with Crippen LogP contribution in [0.3, 0.4) is 0 Å². The first-order valence-corrected chi connectivity index (χ1v) is 9.27. The van der Waals surface area contributed by atoms with E-state index >= 15 is 0 Å². The highest BCUT2D eigenvalue weighted by Crippen LogP contribution is 2.14. The lowest BCUT2D eigenvalue weighted by Crippen LogP contribution is -2.15. The van der Waals surface area contributed by atoms with E-state index in [2.05, 4.69) is 15.6 Å². The van der Waals surface area contributed by atoms with Gasteiger partial charge in [-0.05, 0) is 54.3 Å². The molecule has 2 aromatic carbocycles. The number of pyridine rings is 1. The summed E-state index contributed by atoms with van der Waals surface area (Å²) in [5.41, 5.74) is 4.01. The lowest BCUT2D eigenvalue weighted by molar-refractivity contribution is -0.115. The number of anilines is 2. The number of nitrogens with zero attached hydrogens (tertiary/aromatic N) is 1. The third-order valence-corrected chi connectivity index (χ3v) is 4.50. The molecule has 3 rings (SSSR count). The van der Waals surface area contributed by atoms with Gasteiger partial charge in [0.05, 0.1) is 18.3 Å². The highest BCUT2D eigenvalue weighted by molar-refractivity contribution is 6.30. The summed E-state index contributed by atoms with van der Waals surface area (Å²) < 4.78 is 0. The number of aryl methyl sites for hydroxylation is 1. The number of hydrogen-bond acceptors (Lipinski definition) is 3. The molecule has 0 aliphatic rings. The van der Waals surface area contributed by atoms with Crippen molar-refractivity contribution in [3.05, 3.63) is 88.6 Å². The molecular formula is C22H22ClN3O. The second-order valence-electron chi connectivity index (χ2n) is 6.39. The first-order chi connectivity index (χ1) is 13.1. The molecule has 0 aliphatic heterocycles. The molecule has 1 heterocycles. The van der Waals surface area contributed by atoms with Crippen LogP contribution in [0.15, 0.2) is 66.9 Å². The molecular weight excluding hydrogens is 358 g/mol. The Kier molecular flexibility index (Phi) is 6.44. The maximum Gasteiger partial charge on any atom is 0.228 e. The highest BCUT2D eigenvalue weighted by atomic mass is 35.5. The summed E-state index contributed by atoms with van der Waals surface area (Å²) in [5, 5.41) is 6.91. The van der Waals surface area contributed by atoms with Crippen LogP contribution in [-0.4, -0.2) is 17.4 Å². The minimum absolute atomic E-state index is 0.0484. The topological polar surface area (TPSA) is 54.0 Å². The number of carbonyl (C=O) groups excluding carboxylic acids is 1. The van der Waals surface area contributed by atoms with Crippen molar-refractivity contribution >= 4 is 29.0 Å². The Balaban J connectivity index is 1.48. The van der Waals surface area contributed by atoms with Crippen LogP contribution in [0.5, 0.6) is 0 Å². The molecule has 0 radical (unpaired) electrons. The molecule has 0 bridgehead atoms. The average molecular weight is 380 g/mol. The minimum atomic E-state index is -0.0484. The molecule has 0 saturated heterocycles. The van der Waals surface area contributed by atoms with Crippen molar-refractivity contribution in [2.45, 2.75) is 19.8 Å². The monoisotopic (exact) mass is 379 g/mol. The minimum Gasteiger partial charge on any atom is -0.370 e. The Bertz CT molecular complexity index is 909. The molecule has 1 aromatic heterocycles. The summed E-state index contributed by atoms with van der Waals surface area (Å²) in [4.78, 5) is 16.6. The first-order valence-electron chi connectivity index (χ1n) is 8.89. The van der Waals surface area contributed by atoms with Gasteiger partial charge in [0.2, 0.25) is 5.91 Å². The lowest BCUT2D eigenvalue weighted by Gasteiger charge is -2.09. The zero-order chi connectivity index (χ0) is 19.1. The van der Waals surface area contributed by atoms with E-state index in [9.17, 15) is 4.79 Å². The Morgan fingerprint density at radius 3 is 2.67 bits per heavy atom. The molecule has 5 heteroatoms. The molecule has 0 atom stereocenters. The van der Waals surface area contributed by atoms with E-state index in [0.29, 0.717) is 12.1 Å². The van der Waals surface area contributed by atoms with E-state index in [1.165, 1.54) is 5.56 Å².